The molecule has 3 aromatic rings. The summed E-state index contributed by atoms with van der Waals surface area (Å²) in [5, 5.41) is 21.2. The van der Waals surface area contributed by atoms with Crippen molar-refractivity contribution in [2.24, 2.45) is 12.0 Å². The fraction of sp³-hybridized carbons (Fsp3) is 0.412. The van der Waals surface area contributed by atoms with Crippen molar-refractivity contribution in [3.05, 3.63) is 34.6 Å². The van der Waals surface area contributed by atoms with Gasteiger partial charge < -0.3 is 0 Å². The highest BCUT2D eigenvalue weighted by molar-refractivity contribution is 7.12. The van der Waals surface area contributed by atoms with Gasteiger partial charge in [0, 0.05) is 18.2 Å². The topological polar surface area (TPSA) is 114 Å². The van der Waals surface area contributed by atoms with Crippen molar-refractivity contribution in [3.8, 4) is 10.6 Å². The number of aryl methyl sites for hydroxylation is 1. The molecule has 1 aliphatic rings. The van der Waals surface area contributed by atoms with Gasteiger partial charge >= 0.3 is 0 Å². The molecule has 4 rings (SSSR count). The highest BCUT2D eigenvalue weighted by Crippen LogP contribution is 2.22. The number of aromatic nitrogens is 6. The Balaban J connectivity index is 1.51. The molecule has 2 N–H and O–H groups in total. The van der Waals surface area contributed by atoms with Crippen LogP contribution in [0.3, 0.4) is 0 Å². The van der Waals surface area contributed by atoms with Crippen molar-refractivity contribution < 1.29 is 4.79 Å². The summed E-state index contributed by atoms with van der Waals surface area (Å²) in [5.74, 6) is -0.148. The van der Waals surface area contributed by atoms with E-state index >= 15 is 0 Å². The number of carbonyl (C=O) groups excluding carboxylic acids is 1. The van der Waals surface area contributed by atoms with Crippen molar-refractivity contribution in [2.45, 2.75) is 38.1 Å². The predicted molar refractivity (Wildman–Crippen MR) is 101 cm³/mol. The van der Waals surface area contributed by atoms with Crippen molar-refractivity contribution in [3.63, 3.8) is 0 Å². The van der Waals surface area contributed by atoms with E-state index < -0.39 is 0 Å². The fourth-order valence-electron chi connectivity index (χ4n) is 3.10. The number of benzene rings is 1. The maximum absolute atomic E-state index is 12.2. The molecule has 0 radical (unpaired) electrons. The molecule has 10 heteroatoms. The lowest BCUT2D eigenvalue weighted by atomic mass is 9.96. The summed E-state index contributed by atoms with van der Waals surface area (Å²) in [7, 11) is 1.92. The van der Waals surface area contributed by atoms with Gasteiger partial charge in [0.2, 0.25) is 4.80 Å². The number of anilines is 1. The minimum atomic E-state index is -0.291. The van der Waals surface area contributed by atoms with E-state index in [4.69, 9.17) is 4.99 Å². The van der Waals surface area contributed by atoms with E-state index in [1.165, 1.54) is 19.3 Å². The van der Waals surface area contributed by atoms with Crippen molar-refractivity contribution in [1.82, 2.24) is 30.4 Å². The summed E-state index contributed by atoms with van der Waals surface area (Å²) >= 11 is 1.58. The van der Waals surface area contributed by atoms with E-state index in [9.17, 15) is 4.79 Å². The third kappa shape index (κ3) is 4.11. The van der Waals surface area contributed by atoms with E-state index in [0.717, 1.165) is 28.2 Å². The predicted octanol–water partition coefficient (Wildman–Crippen LogP) is 2.15. The summed E-state index contributed by atoms with van der Waals surface area (Å²) in [5.41, 5.74) is 1.47. The molecule has 0 aliphatic heterocycles. The van der Waals surface area contributed by atoms with Gasteiger partial charge in [-0.2, -0.15) is 10.3 Å². The zero-order valence-corrected chi connectivity index (χ0v) is 15.7. The van der Waals surface area contributed by atoms with Crippen LogP contribution in [0.1, 0.15) is 42.5 Å². The molecule has 0 atom stereocenters. The second-order valence-corrected chi connectivity index (χ2v) is 7.46. The van der Waals surface area contributed by atoms with E-state index in [1.54, 1.807) is 23.5 Å². The highest BCUT2D eigenvalue weighted by Gasteiger charge is 2.14. The molecule has 1 aliphatic carbocycles. The number of H-pyrrole nitrogens is 1. The van der Waals surface area contributed by atoms with Crippen molar-refractivity contribution in [2.75, 3.05) is 5.32 Å². The summed E-state index contributed by atoms with van der Waals surface area (Å²) in [4.78, 5) is 18.0. The summed E-state index contributed by atoms with van der Waals surface area (Å²) in [6.07, 6.45) is 6.17. The smallest absolute Gasteiger partial charge is 0.270 e. The van der Waals surface area contributed by atoms with Gasteiger partial charge in [0.15, 0.2) is 0 Å². The Bertz CT molecular complexity index is 967. The van der Waals surface area contributed by atoms with Crippen LogP contribution in [0.5, 0.6) is 0 Å². The average Bonchev–Trinajstić information content (AvgIpc) is 3.33. The Morgan fingerprint density at radius 3 is 2.74 bits per heavy atom. The van der Waals surface area contributed by atoms with Gasteiger partial charge in [0.25, 0.3) is 11.9 Å². The average molecular weight is 384 g/mol. The Kier molecular flexibility index (Phi) is 5.05. The quantitative estimate of drug-likeness (QED) is 0.715. The molecule has 9 nitrogen and oxygen atoms in total. The number of tetrazole rings is 1. The van der Waals surface area contributed by atoms with Crippen LogP contribution in [-0.4, -0.2) is 42.4 Å². The standard InChI is InChI=1S/C17H20N8OS/c1-25-17(18-13-5-3-2-4-6-13)27-15(22-25)12-9-7-11(8-10-12)14(26)19-16-20-23-24-21-16/h7-10,13H,2-6H2,1H3,(H2,19,20,21,23,24,26)/b18-17+. The van der Waals surface area contributed by atoms with E-state index in [1.807, 2.05) is 23.9 Å². The molecule has 0 saturated heterocycles. The second-order valence-electron chi connectivity index (χ2n) is 6.50. The first-order valence-electron chi connectivity index (χ1n) is 8.92. The zero-order chi connectivity index (χ0) is 18.6. The van der Waals surface area contributed by atoms with E-state index in [-0.39, 0.29) is 11.9 Å². The molecule has 1 amide bonds. The molecule has 140 valence electrons. The van der Waals surface area contributed by atoms with Gasteiger partial charge in [-0.05, 0) is 30.2 Å². The van der Waals surface area contributed by atoms with Gasteiger partial charge in [-0.25, -0.2) is 4.68 Å². The normalized spacial score (nSPS) is 15.8. The minimum absolute atomic E-state index is 0.144. The number of rotatable bonds is 4. The lowest BCUT2D eigenvalue weighted by Crippen LogP contribution is -2.18. The first kappa shape index (κ1) is 17.5. The summed E-state index contributed by atoms with van der Waals surface area (Å²) in [6, 6.07) is 7.69. The molecule has 2 heterocycles. The summed E-state index contributed by atoms with van der Waals surface area (Å²) in [6.45, 7) is 0. The lowest BCUT2D eigenvalue weighted by molar-refractivity contribution is 0.102. The maximum atomic E-state index is 12.2. The fourth-order valence-corrected chi connectivity index (χ4v) is 4.06. The number of nitrogens with zero attached hydrogens (tertiary/aromatic N) is 6. The Labute approximate surface area is 159 Å². The number of nitrogens with one attached hydrogen (secondary N) is 2. The van der Waals surface area contributed by atoms with Gasteiger partial charge in [-0.3, -0.25) is 15.1 Å². The highest BCUT2D eigenvalue weighted by atomic mass is 32.1. The Hall–Kier alpha value is -2.88. The van der Waals surface area contributed by atoms with E-state index in [0.29, 0.717) is 11.6 Å². The molecule has 1 aromatic carbocycles. The number of aromatic amines is 1. The third-order valence-electron chi connectivity index (χ3n) is 4.54. The molecule has 1 saturated carbocycles. The molecule has 1 fully saturated rings. The number of carbonyl (C=O) groups is 1. The Morgan fingerprint density at radius 2 is 2.04 bits per heavy atom. The largest absolute Gasteiger partial charge is 0.288 e. The second kappa shape index (κ2) is 7.78. The number of hydrogen-bond acceptors (Lipinski definition) is 7. The van der Waals surface area contributed by atoms with Gasteiger partial charge in [-0.15, -0.1) is 5.10 Å². The Morgan fingerprint density at radius 1 is 1.26 bits per heavy atom. The molecule has 0 bridgehead atoms. The molecule has 27 heavy (non-hydrogen) atoms. The third-order valence-corrected chi connectivity index (χ3v) is 5.60. The van der Waals surface area contributed by atoms with Crippen LogP contribution in [0.4, 0.5) is 5.95 Å². The molecule has 0 spiro atoms. The van der Waals surface area contributed by atoms with Crippen LogP contribution in [0.15, 0.2) is 29.3 Å². The van der Waals surface area contributed by atoms with Crippen LogP contribution in [0.25, 0.3) is 10.6 Å². The van der Waals surface area contributed by atoms with Crippen LogP contribution >= 0.6 is 11.3 Å². The van der Waals surface area contributed by atoms with Crippen molar-refractivity contribution >= 4 is 23.2 Å². The van der Waals surface area contributed by atoms with Gasteiger partial charge in [-0.1, -0.05) is 47.8 Å². The first-order chi connectivity index (χ1) is 13.2. The van der Waals surface area contributed by atoms with Gasteiger partial charge in [0.05, 0.1) is 6.04 Å². The van der Waals surface area contributed by atoms with Crippen LogP contribution in [0, 0.1) is 0 Å². The van der Waals surface area contributed by atoms with Crippen molar-refractivity contribution in [1.29, 1.82) is 0 Å². The van der Waals surface area contributed by atoms with Gasteiger partial charge in [0.1, 0.15) is 5.01 Å². The molecular weight excluding hydrogens is 364 g/mol. The zero-order valence-electron chi connectivity index (χ0n) is 14.9. The molecule has 2 aromatic heterocycles. The number of amides is 1. The van der Waals surface area contributed by atoms with Crippen LogP contribution in [-0.2, 0) is 7.05 Å². The van der Waals surface area contributed by atoms with Crippen LogP contribution in [0.2, 0.25) is 0 Å². The monoisotopic (exact) mass is 384 g/mol. The van der Waals surface area contributed by atoms with E-state index in [2.05, 4.69) is 31.0 Å². The first-order valence-corrected chi connectivity index (χ1v) is 9.74. The lowest BCUT2D eigenvalue weighted by Gasteiger charge is -2.16. The number of hydrogen-bond donors (Lipinski definition) is 2. The minimum Gasteiger partial charge on any atom is -0.288 e. The SMILES string of the molecule is Cn1nc(-c2ccc(C(=O)Nc3nn[nH]n3)cc2)s/c1=N/C1CCCCC1. The molecule has 0 unspecified atom stereocenters. The maximum Gasteiger partial charge on any atom is 0.270 e. The van der Waals surface area contributed by atoms with Crippen LogP contribution < -0.4 is 10.1 Å². The summed E-state index contributed by atoms with van der Waals surface area (Å²) < 4.78 is 1.84. The molecular formula is C17H20N8OS.